The number of nitrogens with one attached hydrogen (secondary N) is 2. The third kappa shape index (κ3) is 16.2. The van der Waals surface area contributed by atoms with Gasteiger partial charge in [-0.3, -0.25) is 9.79 Å². The van der Waals surface area contributed by atoms with Gasteiger partial charge in [0.25, 0.3) is 0 Å². The Bertz CT molecular complexity index is 1180. The van der Waals surface area contributed by atoms with Crippen LogP contribution in [0.2, 0.25) is 0 Å². The quantitative estimate of drug-likeness (QED) is 0.0652. The predicted octanol–water partition coefficient (Wildman–Crippen LogP) is 8.87. The molecule has 4 rings (SSSR count). The Morgan fingerprint density at radius 1 is 1.10 bits per heavy atom. The van der Waals surface area contributed by atoms with Crippen molar-refractivity contribution in [1.29, 1.82) is 0 Å². The van der Waals surface area contributed by atoms with Crippen LogP contribution < -0.4 is 21.5 Å². The fourth-order valence-electron chi connectivity index (χ4n) is 5.19. The van der Waals surface area contributed by atoms with Crippen LogP contribution in [0.15, 0.2) is 41.4 Å². The number of carbonyl (C=O) groups is 1. The van der Waals surface area contributed by atoms with E-state index in [1.807, 2.05) is 44.9 Å². The van der Waals surface area contributed by atoms with Gasteiger partial charge in [-0.1, -0.05) is 111 Å². The number of amidine groups is 1. The zero-order chi connectivity index (χ0) is 36.5. The normalized spacial score (nSPS) is 14.6. The topological polar surface area (TPSA) is 92.0 Å². The third-order valence-electron chi connectivity index (χ3n) is 8.13. The van der Waals surface area contributed by atoms with Crippen molar-refractivity contribution in [3.63, 3.8) is 0 Å². The van der Waals surface area contributed by atoms with Crippen LogP contribution in [0.5, 0.6) is 0 Å². The molecule has 2 aromatic rings. The van der Waals surface area contributed by atoms with E-state index in [0.717, 1.165) is 53.5 Å². The number of anilines is 1. The second-order valence-electron chi connectivity index (χ2n) is 11.7. The molecule has 0 aromatic heterocycles. The van der Waals surface area contributed by atoms with E-state index in [0.29, 0.717) is 19.8 Å². The van der Waals surface area contributed by atoms with Crippen LogP contribution >= 0.6 is 0 Å². The summed E-state index contributed by atoms with van der Waals surface area (Å²) in [6.07, 6.45) is 10.1. The molecule has 48 heavy (non-hydrogen) atoms. The third-order valence-corrected chi connectivity index (χ3v) is 8.13. The number of unbranched alkanes of at least 4 members (excludes halogenated alkanes) is 3. The number of aryl methyl sites for hydroxylation is 1. The summed E-state index contributed by atoms with van der Waals surface area (Å²) in [7, 11) is 3.60. The molecule has 2 aliphatic rings. The number of hydrazine groups is 1. The number of fused-ring (bicyclic) bond motifs is 1. The number of halogens is 3. The first-order valence-electron chi connectivity index (χ1n) is 17.5. The predicted molar refractivity (Wildman–Crippen MR) is 192 cm³/mol. The summed E-state index contributed by atoms with van der Waals surface area (Å²) in [5, 5.41) is 0. The van der Waals surface area contributed by atoms with Crippen molar-refractivity contribution in [2.24, 2.45) is 16.6 Å². The van der Waals surface area contributed by atoms with Gasteiger partial charge in [0.2, 0.25) is 5.91 Å². The molecule has 1 amide bonds. The van der Waals surface area contributed by atoms with Gasteiger partial charge in [0, 0.05) is 38.0 Å². The number of nitrogens with two attached hydrogens (primary N) is 1. The van der Waals surface area contributed by atoms with E-state index in [-0.39, 0.29) is 11.3 Å². The Morgan fingerprint density at radius 3 is 2.25 bits per heavy atom. The van der Waals surface area contributed by atoms with Gasteiger partial charge in [0.05, 0.1) is 13.2 Å². The SMILES string of the molecule is CC.CCCCCCC(C)CC.CCN.CCc1c[c-]cc(N2Cc3ccc(C4(CC(=NC)NNC)COC4)cc3C2=O)c1.[F][U]([F])[F]. The first-order chi connectivity index (χ1) is 23.1. The molecule has 2 aliphatic heterocycles. The zero-order valence-electron chi connectivity index (χ0n) is 30.9. The number of carbonyl (C=O) groups excluding carboxylic acids is 1. The van der Waals surface area contributed by atoms with E-state index < -0.39 is 28.1 Å². The first-order valence-corrected chi connectivity index (χ1v) is 22.2. The summed E-state index contributed by atoms with van der Waals surface area (Å²) in [4.78, 5) is 19.4. The molecule has 0 saturated carbocycles. The Kier molecular flexibility index (Phi) is 25.8. The van der Waals surface area contributed by atoms with E-state index in [9.17, 15) is 11.1 Å². The van der Waals surface area contributed by atoms with E-state index in [4.69, 9.17) is 10.5 Å². The maximum absolute atomic E-state index is 13.2. The molecular formula is C37H62F3N5O2U-. The number of ether oxygens (including phenoxy) is 1. The van der Waals surface area contributed by atoms with Crippen molar-refractivity contribution in [2.75, 3.05) is 38.8 Å². The van der Waals surface area contributed by atoms with Gasteiger partial charge in [-0.05, 0) is 29.7 Å². The fraction of sp³-hybridized carbons (Fsp3) is 0.622. The zero-order valence-corrected chi connectivity index (χ0v) is 35.1. The Hall–Kier alpha value is -1.90. The molecule has 1 atom stereocenters. The van der Waals surface area contributed by atoms with Crippen LogP contribution in [0.25, 0.3) is 0 Å². The molecular weight excluding hydrogens is 841 g/mol. The van der Waals surface area contributed by atoms with Crippen LogP contribution in [0, 0.1) is 40.1 Å². The molecule has 1 unspecified atom stereocenters. The summed E-state index contributed by atoms with van der Waals surface area (Å²) in [5.41, 5.74) is 15.8. The van der Waals surface area contributed by atoms with Gasteiger partial charge in [0.1, 0.15) is 5.84 Å². The van der Waals surface area contributed by atoms with E-state index in [1.54, 1.807) is 7.05 Å². The number of amides is 1. The first kappa shape index (κ1) is 46.1. The molecule has 4 N–H and O–H groups in total. The van der Waals surface area contributed by atoms with Crippen molar-refractivity contribution in [3.8, 4) is 0 Å². The molecule has 7 nitrogen and oxygen atoms in total. The number of hydrogen-bond acceptors (Lipinski definition) is 5. The van der Waals surface area contributed by atoms with E-state index in [2.05, 4.69) is 73.9 Å². The Morgan fingerprint density at radius 2 is 1.75 bits per heavy atom. The van der Waals surface area contributed by atoms with Crippen molar-refractivity contribution < 1.29 is 43.9 Å². The molecule has 273 valence electrons. The molecule has 0 aliphatic carbocycles. The molecule has 1 saturated heterocycles. The van der Waals surface area contributed by atoms with E-state index in [1.165, 1.54) is 44.1 Å². The van der Waals surface area contributed by atoms with Gasteiger partial charge in [-0.15, -0.1) is 6.07 Å². The summed E-state index contributed by atoms with van der Waals surface area (Å²) in [6, 6.07) is 15.4. The van der Waals surface area contributed by atoms with Crippen molar-refractivity contribution >= 4 is 17.4 Å². The fourth-order valence-corrected chi connectivity index (χ4v) is 5.19. The minimum atomic E-state index is -5.23. The standard InChI is InChI=1S/C23H27N4O2.C10H22.C2H7N.C2H6.3FH.U/c1-4-16-6-5-7-19(10-16)27-13-17-8-9-18(11-20(17)22(27)28)23(14-29-15-23)12-21(24-2)26-25-3;1-4-6-7-8-9-10(3)5-2;1-2-3;1-2;;;;/h6-11,25H,4,12-15H2,1-3H3,(H,24,26);10H,4-9H2,1-3H3;2-3H2,1H3;1-2H3;3*1H;/q-1;;;;;;;+3/p-3. The van der Waals surface area contributed by atoms with Crippen molar-refractivity contribution in [3.05, 3.63) is 64.7 Å². The van der Waals surface area contributed by atoms with Gasteiger partial charge in [0.15, 0.2) is 0 Å². The van der Waals surface area contributed by atoms with E-state index >= 15 is 0 Å². The minimum absolute atomic E-state index is 0.0524. The monoisotopic (exact) mass is 904 g/mol. The molecule has 1 fully saturated rings. The molecule has 11 heteroatoms. The van der Waals surface area contributed by atoms with Gasteiger partial charge < -0.3 is 20.8 Å². The molecule has 0 bridgehead atoms. The van der Waals surface area contributed by atoms with Gasteiger partial charge >= 0.3 is 34.4 Å². The van der Waals surface area contributed by atoms with Crippen molar-refractivity contribution in [1.82, 2.24) is 10.9 Å². The second kappa shape index (κ2) is 26.9. The van der Waals surface area contributed by atoms with Crippen molar-refractivity contribution in [2.45, 2.75) is 112 Å². The summed E-state index contributed by atoms with van der Waals surface area (Å²) in [5.74, 6) is 1.88. The average molecular weight is 904 g/mol. The maximum atomic E-state index is 13.2. The van der Waals surface area contributed by atoms with Crippen LogP contribution in [0.4, 0.5) is 12.0 Å². The average Bonchev–Trinajstić information content (AvgIpc) is 3.41. The second-order valence-corrected chi connectivity index (χ2v) is 13.5. The number of benzene rings is 2. The van der Waals surface area contributed by atoms with Crippen LogP contribution in [0.3, 0.4) is 0 Å². The van der Waals surface area contributed by atoms with Gasteiger partial charge in [-0.25, -0.2) is 5.43 Å². The molecule has 0 spiro atoms. The summed E-state index contributed by atoms with van der Waals surface area (Å²) >= 11 is -5.23. The number of aliphatic imine (C=N–C) groups is 1. The summed E-state index contributed by atoms with van der Waals surface area (Å²) < 4.78 is 35.2. The number of nitrogens with zero attached hydrogens (tertiary/aromatic N) is 2. The summed E-state index contributed by atoms with van der Waals surface area (Å²) in [6.45, 7) is 17.5. The van der Waals surface area contributed by atoms with Gasteiger partial charge in [-0.2, -0.15) is 23.8 Å². The van der Waals surface area contributed by atoms with Crippen LogP contribution in [0.1, 0.15) is 120 Å². The van der Waals surface area contributed by atoms with Crippen LogP contribution in [-0.4, -0.2) is 45.6 Å². The number of hydrogen-bond donors (Lipinski definition) is 3. The van der Waals surface area contributed by atoms with Crippen LogP contribution in [-0.2, 0) is 23.1 Å². The molecule has 2 heterocycles. The Labute approximate surface area is 302 Å². The molecule has 0 radical (unpaired) electrons. The Balaban J connectivity index is 0.000000966. The molecule has 2 aromatic carbocycles. The number of rotatable bonds is 12.